The molecule has 1 unspecified atom stereocenters. The molecule has 2 heterocycles. The molecule has 0 fully saturated rings. The van der Waals surface area contributed by atoms with Crippen molar-refractivity contribution in [2.45, 2.75) is 6.17 Å². The highest BCUT2D eigenvalue weighted by Gasteiger charge is 2.34. The Morgan fingerprint density at radius 3 is 2.64 bits per heavy atom. The Morgan fingerprint density at radius 1 is 1.16 bits per heavy atom. The highest BCUT2D eigenvalue weighted by Crippen LogP contribution is 2.31. The first-order chi connectivity index (χ1) is 12.2. The van der Waals surface area contributed by atoms with Gasteiger partial charge in [0.05, 0.1) is 12.5 Å². The standard InChI is InChI=1S/C18H16N4O2S/c1-24-12-9-7-11(8-10-12)16-19-14-6-4-3-5-13(14)15-17(23)20-18(25-2)21-22(15)16/h3-10,16H,1-2H3,(H,20,21,23). The molecule has 0 aliphatic carbocycles. The second kappa shape index (κ2) is 6.25. The molecule has 1 N–H and O–H groups in total. The number of carbonyl (C=O) groups is 1. The number of nitrogens with one attached hydrogen (secondary N) is 1. The molecule has 0 spiro atoms. The van der Waals surface area contributed by atoms with E-state index in [-0.39, 0.29) is 5.91 Å². The van der Waals surface area contributed by atoms with Crippen molar-refractivity contribution in [1.82, 2.24) is 10.3 Å². The van der Waals surface area contributed by atoms with Gasteiger partial charge in [-0.1, -0.05) is 42.1 Å². The Morgan fingerprint density at radius 2 is 1.92 bits per heavy atom. The molecule has 2 aromatic rings. The molecule has 4 rings (SSSR count). The molecule has 2 aliphatic rings. The molecule has 2 aromatic carbocycles. The van der Waals surface area contributed by atoms with E-state index >= 15 is 0 Å². The maximum atomic E-state index is 12.7. The van der Waals surface area contributed by atoms with E-state index in [1.807, 2.05) is 54.8 Å². The molecule has 7 heteroatoms. The molecule has 0 saturated heterocycles. The van der Waals surface area contributed by atoms with Gasteiger partial charge in [0.1, 0.15) is 11.4 Å². The molecule has 1 amide bonds. The van der Waals surface area contributed by atoms with Crippen molar-refractivity contribution in [3.8, 4) is 5.75 Å². The van der Waals surface area contributed by atoms with Gasteiger partial charge in [-0.25, -0.2) is 5.01 Å². The topological polar surface area (TPSA) is 66.3 Å². The number of thioether (sulfide) groups is 1. The van der Waals surface area contributed by atoms with E-state index in [1.54, 1.807) is 12.1 Å². The van der Waals surface area contributed by atoms with Crippen LogP contribution in [0.5, 0.6) is 5.75 Å². The number of carbonyl (C=O) groups excluding carboxylic acids is 1. The van der Waals surface area contributed by atoms with Crippen LogP contribution in [0.15, 0.2) is 58.6 Å². The number of amidine groups is 1. The zero-order valence-corrected chi connectivity index (χ0v) is 14.6. The van der Waals surface area contributed by atoms with Crippen LogP contribution in [-0.4, -0.2) is 29.4 Å². The van der Waals surface area contributed by atoms with Crippen molar-refractivity contribution in [3.05, 3.63) is 64.7 Å². The highest BCUT2D eigenvalue weighted by molar-refractivity contribution is 8.13. The molecule has 25 heavy (non-hydrogen) atoms. The first-order valence-electron chi connectivity index (χ1n) is 7.75. The van der Waals surface area contributed by atoms with E-state index in [1.165, 1.54) is 11.8 Å². The van der Waals surface area contributed by atoms with Gasteiger partial charge >= 0.3 is 0 Å². The maximum absolute atomic E-state index is 12.7. The summed E-state index contributed by atoms with van der Waals surface area (Å²) in [6, 6.07) is 15.3. The summed E-state index contributed by atoms with van der Waals surface area (Å²) in [4.78, 5) is 17.5. The minimum absolute atomic E-state index is 0.166. The molecule has 6 nitrogen and oxygen atoms in total. The van der Waals surface area contributed by atoms with Crippen LogP contribution < -0.4 is 20.6 Å². The van der Waals surface area contributed by atoms with Gasteiger partial charge in [0.2, 0.25) is 0 Å². The second-order valence-electron chi connectivity index (χ2n) is 5.55. The predicted octanol–water partition coefficient (Wildman–Crippen LogP) is 1.20. The molecular weight excluding hydrogens is 336 g/mol. The van der Waals surface area contributed by atoms with Crippen molar-refractivity contribution in [2.75, 3.05) is 13.4 Å². The summed E-state index contributed by atoms with van der Waals surface area (Å²) in [6.45, 7) is 0. The van der Waals surface area contributed by atoms with Crippen LogP contribution in [0.1, 0.15) is 11.7 Å². The van der Waals surface area contributed by atoms with Crippen LogP contribution in [0.25, 0.3) is 5.70 Å². The van der Waals surface area contributed by atoms with Gasteiger partial charge in [-0.05, 0) is 30.0 Å². The largest absolute Gasteiger partial charge is 0.497 e. The molecule has 0 aromatic heterocycles. The molecule has 0 radical (unpaired) electrons. The average molecular weight is 352 g/mol. The third-order valence-electron chi connectivity index (χ3n) is 4.12. The van der Waals surface area contributed by atoms with Gasteiger partial charge in [0.15, 0.2) is 11.3 Å². The average Bonchev–Trinajstić information content (AvgIpc) is 2.67. The Hall–Kier alpha value is -2.80. The molecule has 0 bridgehead atoms. The zero-order chi connectivity index (χ0) is 17.4. The number of rotatable bonds is 2. The third-order valence-corrected chi connectivity index (χ3v) is 4.69. The number of hydrazone groups is 1. The smallest absolute Gasteiger partial charge is 0.276 e. The lowest BCUT2D eigenvalue weighted by Crippen LogP contribution is -2.50. The van der Waals surface area contributed by atoms with Crippen molar-refractivity contribution in [3.63, 3.8) is 0 Å². The van der Waals surface area contributed by atoms with Crippen LogP contribution >= 0.6 is 11.8 Å². The quantitative estimate of drug-likeness (QED) is 0.882. The molecule has 2 aliphatic heterocycles. The fourth-order valence-electron chi connectivity index (χ4n) is 2.91. The monoisotopic (exact) mass is 352 g/mol. The summed E-state index contributed by atoms with van der Waals surface area (Å²) in [5.74, 6) is 0.606. The lowest BCUT2D eigenvalue weighted by Gasteiger charge is -2.33. The predicted molar refractivity (Wildman–Crippen MR) is 97.3 cm³/mol. The van der Waals surface area contributed by atoms with Crippen LogP contribution in [0.4, 0.5) is 0 Å². The van der Waals surface area contributed by atoms with Crippen LogP contribution in [0.3, 0.4) is 0 Å². The summed E-state index contributed by atoms with van der Waals surface area (Å²) in [7, 11) is 1.63. The van der Waals surface area contributed by atoms with Gasteiger partial charge in [-0.2, -0.15) is 0 Å². The Labute approximate surface area is 148 Å². The second-order valence-corrected chi connectivity index (χ2v) is 6.34. The Bertz CT molecular complexity index is 985. The Balaban J connectivity index is 1.93. The van der Waals surface area contributed by atoms with Gasteiger partial charge in [0, 0.05) is 5.22 Å². The minimum atomic E-state index is -0.399. The number of amides is 1. The van der Waals surface area contributed by atoms with Crippen LogP contribution in [0, 0.1) is 0 Å². The van der Waals surface area contributed by atoms with Gasteiger partial charge < -0.3 is 4.74 Å². The molecule has 1 atom stereocenters. The van der Waals surface area contributed by atoms with E-state index in [4.69, 9.17) is 9.73 Å². The number of ether oxygens (including phenoxy) is 1. The number of para-hydroxylation sites is 1. The van der Waals surface area contributed by atoms with Gasteiger partial charge in [-0.15, -0.1) is 5.10 Å². The summed E-state index contributed by atoms with van der Waals surface area (Å²) in [6.07, 6.45) is 1.48. The summed E-state index contributed by atoms with van der Waals surface area (Å²) in [5.41, 5.74) is 1.45. The molecule has 0 saturated carbocycles. The third kappa shape index (κ3) is 2.66. The highest BCUT2D eigenvalue weighted by atomic mass is 32.2. The normalized spacial score (nSPS) is 18.6. The number of fused-ring (bicyclic) bond motifs is 2. The molecular formula is C18H16N4O2S. The zero-order valence-electron chi connectivity index (χ0n) is 13.8. The van der Waals surface area contributed by atoms with E-state index in [0.717, 1.165) is 21.9 Å². The number of nitrogens with zero attached hydrogens (tertiary/aromatic N) is 3. The van der Waals surface area contributed by atoms with Gasteiger partial charge in [-0.3, -0.25) is 15.1 Å². The van der Waals surface area contributed by atoms with Crippen molar-refractivity contribution >= 4 is 28.5 Å². The lowest BCUT2D eigenvalue weighted by atomic mass is 10.1. The molecule has 126 valence electrons. The minimum Gasteiger partial charge on any atom is -0.497 e. The SMILES string of the molecule is COc1ccc(C2N=c3ccccc3=C3C(=O)NC(SC)=NN32)cc1. The first-order valence-corrected chi connectivity index (χ1v) is 8.98. The van der Waals surface area contributed by atoms with Crippen molar-refractivity contribution in [2.24, 2.45) is 10.1 Å². The van der Waals surface area contributed by atoms with Gasteiger partial charge in [0.25, 0.3) is 5.91 Å². The number of methoxy groups -OCH3 is 1. The lowest BCUT2D eigenvalue weighted by molar-refractivity contribution is -0.116. The number of hydrogen-bond acceptors (Lipinski definition) is 6. The maximum Gasteiger partial charge on any atom is 0.276 e. The Kier molecular flexibility index (Phi) is 3.93. The van der Waals surface area contributed by atoms with E-state index in [0.29, 0.717) is 10.9 Å². The first kappa shape index (κ1) is 15.7. The van der Waals surface area contributed by atoms with Crippen molar-refractivity contribution < 1.29 is 9.53 Å². The van der Waals surface area contributed by atoms with E-state index in [2.05, 4.69) is 10.4 Å². The number of benzene rings is 2. The summed E-state index contributed by atoms with van der Waals surface area (Å²) in [5, 5.41) is 11.3. The number of hydrogen-bond donors (Lipinski definition) is 1. The van der Waals surface area contributed by atoms with E-state index < -0.39 is 6.17 Å². The fraction of sp³-hybridized carbons (Fsp3) is 0.167. The summed E-state index contributed by atoms with van der Waals surface area (Å²) >= 11 is 1.39. The summed E-state index contributed by atoms with van der Waals surface area (Å²) < 4.78 is 5.23. The van der Waals surface area contributed by atoms with Crippen LogP contribution in [-0.2, 0) is 4.79 Å². The van der Waals surface area contributed by atoms with E-state index in [9.17, 15) is 4.79 Å². The van der Waals surface area contributed by atoms with Crippen molar-refractivity contribution in [1.29, 1.82) is 0 Å². The fourth-order valence-corrected chi connectivity index (χ4v) is 3.28. The van der Waals surface area contributed by atoms with Crippen LogP contribution in [0.2, 0.25) is 0 Å².